The molecule has 10 nitrogen and oxygen atoms in total. The maximum Gasteiger partial charge on any atom is 0.303 e. The number of esters is 1. The second kappa shape index (κ2) is 12.1. The number of benzene rings is 2. The van der Waals surface area contributed by atoms with Crippen molar-refractivity contribution in [2.24, 2.45) is 0 Å². The Labute approximate surface area is 204 Å². The van der Waals surface area contributed by atoms with Crippen LogP contribution in [0.15, 0.2) is 35.7 Å². The molecule has 190 valence electrons. The van der Waals surface area contributed by atoms with Gasteiger partial charge in [-0.2, -0.15) is 0 Å². The van der Waals surface area contributed by atoms with E-state index in [2.05, 4.69) is 5.32 Å². The first kappa shape index (κ1) is 27.5. The predicted molar refractivity (Wildman–Crippen MR) is 131 cm³/mol. The molecule has 0 aromatic heterocycles. The summed E-state index contributed by atoms with van der Waals surface area (Å²) < 4.78 is 51.7. The zero-order chi connectivity index (χ0) is 26.2. The molecule has 0 spiro atoms. The molecule has 0 saturated carbocycles. The number of carbonyl (C=O) groups excluding carboxylic acids is 2. The third-order valence-electron chi connectivity index (χ3n) is 4.80. The first-order valence-electron chi connectivity index (χ1n) is 10.4. The Balaban J connectivity index is 2.30. The Morgan fingerprint density at radius 2 is 1.54 bits per heavy atom. The first-order chi connectivity index (χ1) is 16.5. The van der Waals surface area contributed by atoms with E-state index in [1.807, 2.05) is 0 Å². The molecule has 2 rings (SSSR count). The van der Waals surface area contributed by atoms with Gasteiger partial charge in [-0.15, -0.1) is 0 Å². The molecule has 2 aromatic carbocycles. The van der Waals surface area contributed by atoms with Crippen molar-refractivity contribution in [1.29, 1.82) is 0 Å². The van der Waals surface area contributed by atoms with Gasteiger partial charge in [0, 0.05) is 24.5 Å². The number of amides is 1. The third kappa shape index (κ3) is 7.64. The highest BCUT2D eigenvalue weighted by Gasteiger charge is 2.19. The maximum absolute atomic E-state index is 12.8. The molecule has 11 heteroatoms. The van der Waals surface area contributed by atoms with Crippen LogP contribution in [0.1, 0.15) is 25.0 Å². The molecule has 1 atom stereocenters. The van der Waals surface area contributed by atoms with E-state index < -0.39 is 27.8 Å². The number of carbonyl (C=O) groups is 2. The van der Waals surface area contributed by atoms with Gasteiger partial charge in [0.25, 0.3) is 5.91 Å². The van der Waals surface area contributed by atoms with Gasteiger partial charge in [0.1, 0.15) is 23.0 Å². The Kier molecular flexibility index (Phi) is 9.52. The smallest absolute Gasteiger partial charge is 0.303 e. The summed E-state index contributed by atoms with van der Waals surface area (Å²) in [7, 11) is 2.08. The number of rotatable bonds is 11. The Morgan fingerprint density at radius 3 is 2.06 bits per heavy atom. The van der Waals surface area contributed by atoms with Gasteiger partial charge in [0.05, 0.1) is 45.4 Å². The summed E-state index contributed by atoms with van der Waals surface area (Å²) in [6.45, 7) is 2.62. The van der Waals surface area contributed by atoms with Crippen molar-refractivity contribution >= 4 is 33.5 Å². The van der Waals surface area contributed by atoms with Crippen LogP contribution in [0.4, 0.5) is 5.69 Å². The van der Waals surface area contributed by atoms with Gasteiger partial charge in [0.15, 0.2) is 15.9 Å². The summed E-state index contributed by atoms with van der Waals surface area (Å²) in [6.07, 6.45) is 0.348. The van der Waals surface area contributed by atoms with E-state index in [1.54, 1.807) is 18.2 Å². The van der Waals surface area contributed by atoms with E-state index in [0.717, 1.165) is 5.41 Å². The molecule has 1 N–H and O–H groups in total. The molecule has 0 radical (unpaired) electrons. The second-order valence-corrected chi connectivity index (χ2v) is 9.22. The average Bonchev–Trinajstić information content (AvgIpc) is 2.81. The zero-order valence-electron chi connectivity index (χ0n) is 20.4. The van der Waals surface area contributed by atoms with Gasteiger partial charge >= 0.3 is 5.97 Å². The summed E-state index contributed by atoms with van der Waals surface area (Å²) in [5.74, 6) is 0.0326. The largest absolute Gasteiger partial charge is 0.496 e. The number of nitrogens with one attached hydrogen (secondary N) is 1. The minimum atomic E-state index is -3.74. The van der Waals surface area contributed by atoms with Gasteiger partial charge in [-0.05, 0) is 30.7 Å². The Bertz CT molecular complexity index is 1180. The molecular weight excluding hydrogens is 478 g/mol. The standard InChI is InChI=1S/C24H29NO9S/c1-15(34-16(2)26)24(27)25-20-11-17(7-8-21(20)31-4)14-35(28,29)10-9-19-22(32-5)12-18(30-3)13-23(19)33-6/h7-13,15H,14H2,1-6H3,(H,25,27)/b10-9-. The summed E-state index contributed by atoms with van der Waals surface area (Å²) >= 11 is 0. The van der Waals surface area contributed by atoms with Gasteiger partial charge in [0.2, 0.25) is 0 Å². The number of hydrogen-bond donors (Lipinski definition) is 1. The van der Waals surface area contributed by atoms with Gasteiger partial charge in [-0.25, -0.2) is 8.42 Å². The quantitative estimate of drug-likeness (QED) is 0.456. The summed E-state index contributed by atoms with van der Waals surface area (Å²) in [4.78, 5) is 23.4. The molecule has 0 aliphatic heterocycles. The van der Waals surface area contributed by atoms with E-state index in [-0.39, 0.29) is 11.4 Å². The number of ether oxygens (including phenoxy) is 5. The van der Waals surface area contributed by atoms with Crippen LogP contribution in [0.3, 0.4) is 0 Å². The van der Waals surface area contributed by atoms with E-state index >= 15 is 0 Å². The lowest BCUT2D eigenvalue weighted by Gasteiger charge is -2.15. The molecule has 0 saturated heterocycles. The molecule has 1 unspecified atom stereocenters. The third-order valence-corrected chi connectivity index (χ3v) is 6.08. The van der Waals surface area contributed by atoms with Gasteiger partial charge in [-0.1, -0.05) is 6.07 Å². The monoisotopic (exact) mass is 507 g/mol. The molecular formula is C24H29NO9S. The molecule has 0 aliphatic rings. The van der Waals surface area contributed by atoms with E-state index in [4.69, 9.17) is 23.7 Å². The number of anilines is 1. The minimum absolute atomic E-state index is 0.242. The van der Waals surface area contributed by atoms with Crippen LogP contribution >= 0.6 is 0 Å². The van der Waals surface area contributed by atoms with Crippen LogP contribution in [0.5, 0.6) is 23.0 Å². The highest BCUT2D eigenvalue weighted by atomic mass is 32.2. The lowest BCUT2D eigenvalue weighted by molar-refractivity contribution is -0.150. The van der Waals surface area contributed by atoms with Gasteiger partial charge < -0.3 is 29.0 Å². The average molecular weight is 508 g/mol. The number of methoxy groups -OCH3 is 4. The van der Waals surface area contributed by atoms with Crippen LogP contribution < -0.4 is 24.3 Å². The molecule has 1 amide bonds. The fourth-order valence-electron chi connectivity index (χ4n) is 3.13. The fourth-order valence-corrected chi connectivity index (χ4v) is 4.21. The zero-order valence-corrected chi connectivity index (χ0v) is 21.2. The molecule has 35 heavy (non-hydrogen) atoms. The van der Waals surface area contributed by atoms with Crippen molar-refractivity contribution in [2.75, 3.05) is 33.8 Å². The molecule has 0 aliphatic carbocycles. The lowest BCUT2D eigenvalue weighted by atomic mass is 10.1. The minimum Gasteiger partial charge on any atom is -0.496 e. The van der Waals surface area contributed by atoms with Crippen LogP contribution in [0.25, 0.3) is 6.08 Å². The fraction of sp³-hybridized carbons (Fsp3) is 0.333. The van der Waals surface area contributed by atoms with Crippen molar-refractivity contribution in [3.63, 3.8) is 0 Å². The van der Waals surface area contributed by atoms with Crippen LogP contribution in [0, 0.1) is 0 Å². The van der Waals surface area contributed by atoms with E-state index in [1.165, 1.54) is 60.5 Å². The summed E-state index contributed by atoms with van der Waals surface area (Å²) in [5.41, 5.74) is 1.08. The van der Waals surface area contributed by atoms with Crippen molar-refractivity contribution in [1.82, 2.24) is 0 Å². The van der Waals surface area contributed by atoms with Crippen LogP contribution in [0.2, 0.25) is 0 Å². The van der Waals surface area contributed by atoms with Crippen molar-refractivity contribution in [2.45, 2.75) is 25.7 Å². The van der Waals surface area contributed by atoms with Crippen molar-refractivity contribution < 1.29 is 41.7 Å². The topological polar surface area (TPSA) is 126 Å². The highest BCUT2D eigenvalue weighted by molar-refractivity contribution is 7.93. The van der Waals surface area contributed by atoms with Crippen LogP contribution in [-0.4, -0.2) is 54.8 Å². The van der Waals surface area contributed by atoms with E-state index in [0.29, 0.717) is 34.1 Å². The van der Waals surface area contributed by atoms with Crippen LogP contribution in [-0.2, 0) is 29.9 Å². The molecule has 0 heterocycles. The molecule has 2 aromatic rings. The molecule has 0 bridgehead atoms. The maximum atomic E-state index is 12.8. The van der Waals surface area contributed by atoms with Gasteiger partial charge in [-0.3, -0.25) is 9.59 Å². The van der Waals surface area contributed by atoms with Crippen molar-refractivity contribution in [3.8, 4) is 23.0 Å². The van der Waals surface area contributed by atoms with Crippen molar-refractivity contribution in [3.05, 3.63) is 46.9 Å². The first-order valence-corrected chi connectivity index (χ1v) is 12.1. The summed E-state index contributed by atoms with van der Waals surface area (Å²) in [6, 6.07) is 7.82. The Hall–Kier alpha value is -3.73. The summed E-state index contributed by atoms with van der Waals surface area (Å²) in [5, 5.41) is 3.65. The lowest BCUT2D eigenvalue weighted by Crippen LogP contribution is -2.29. The Morgan fingerprint density at radius 1 is 0.943 bits per heavy atom. The van der Waals surface area contributed by atoms with E-state index in [9.17, 15) is 18.0 Å². The normalized spacial score (nSPS) is 12.1. The molecule has 0 fully saturated rings. The SMILES string of the molecule is COc1cc(OC)c(/C=C\S(=O)(=O)Cc2ccc(OC)c(NC(=O)C(C)OC(C)=O)c2)c(OC)c1. The predicted octanol–water partition coefficient (Wildman–Crippen LogP) is 3.20. The number of sulfone groups is 1. The highest BCUT2D eigenvalue weighted by Crippen LogP contribution is 2.35. The second-order valence-electron chi connectivity index (χ2n) is 7.33. The number of hydrogen-bond acceptors (Lipinski definition) is 9.